The summed E-state index contributed by atoms with van der Waals surface area (Å²) >= 11 is 2.97. The fourth-order valence-corrected chi connectivity index (χ4v) is 3.81. The van der Waals surface area contributed by atoms with E-state index in [0.29, 0.717) is 4.88 Å². The number of hydrogen-bond donors (Lipinski definition) is 1. The molecular weight excluding hydrogens is 276 g/mol. The number of aromatic carboxylic acids is 1. The van der Waals surface area contributed by atoms with Crippen LogP contribution in [0.1, 0.15) is 9.67 Å². The molecule has 94 valence electrons. The predicted molar refractivity (Wildman–Crippen MR) is 79.3 cm³/mol. The zero-order valence-corrected chi connectivity index (χ0v) is 11.5. The molecule has 0 saturated carbocycles. The third-order valence-corrected chi connectivity index (χ3v) is 4.88. The molecule has 1 heterocycles. The van der Waals surface area contributed by atoms with Gasteiger partial charge in [-0.1, -0.05) is 36.0 Å². The predicted octanol–water partition coefficient (Wildman–Crippen LogP) is 4.75. The van der Waals surface area contributed by atoms with Crippen LogP contribution in [-0.4, -0.2) is 11.1 Å². The zero-order chi connectivity index (χ0) is 13.2. The Morgan fingerprint density at radius 3 is 2.58 bits per heavy atom. The minimum atomic E-state index is -0.864. The van der Waals surface area contributed by atoms with E-state index in [9.17, 15) is 4.79 Å². The van der Waals surface area contributed by atoms with Crippen molar-refractivity contribution >= 4 is 39.2 Å². The lowest BCUT2D eigenvalue weighted by atomic mass is 10.2. The minimum absolute atomic E-state index is 0.385. The molecule has 0 saturated heterocycles. The monoisotopic (exact) mass is 286 g/mol. The lowest BCUT2D eigenvalue weighted by Gasteiger charge is -2.02. The van der Waals surface area contributed by atoms with Gasteiger partial charge in [-0.15, -0.1) is 11.3 Å². The molecule has 0 unspecified atom stereocenters. The largest absolute Gasteiger partial charge is 0.477 e. The molecule has 0 spiro atoms. The fourth-order valence-electron chi connectivity index (χ4n) is 1.84. The van der Waals surface area contributed by atoms with Crippen molar-refractivity contribution in [3.8, 4) is 0 Å². The molecule has 1 N–H and O–H groups in total. The van der Waals surface area contributed by atoms with Gasteiger partial charge in [-0.05, 0) is 30.3 Å². The van der Waals surface area contributed by atoms with Gasteiger partial charge in [0.1, 0.15) is 4.88 Å². The van der Waals surface area contributed by atoms with E-state index in [2.05, 4.69) is 0 Å². The first-order chi connectivity index (χ1) is 9.24. The van der Waals surface area contributed by atoms with E-state index < -0.39 is 5.97 Å². The summed E-state index contributed by atoms with van der Waals surface area (Å²) in [6.07, 6.45) is 0. The molecule has 3 aromatic rings. The van der Waals surface area contributed by atoms with E-state index in [1.165, 1.54) is 11.3 Å². The highest BCUT2D eigenvalue weighted by Gasteiger charge is 2.11. The van der Waals surface area contributed by atoms with Gasteiger partial charge in [0.05, 0.1) is 0 Å². The summed E-state index contributed by atoms with van der Waals surface area (Å²) in [7, 11) is 0. The maximum Gasteiger partial charge on any atom is 0.345 e. The molecule has 0 radical (unpaired) electrons. The summed E-state index contributed by atoms with van der Waals surface area (Å²) in [6.45, 7) is 0. The number of fused-ring (bicyclic) bond motifs is 1. The number of hydrogen-bond acceptors (Lipinski definition) is 3. The molecule has 0 amide bonds. The van der Waals surface area contributed by atoms with E-state index >= 15 is 0 Å². The summed E-state index contributed by atoms with van der Waals surface area (Å²) in [5, 5.41) is 10.1. The Kier molecular flexibility index (Phi) is 3.27. The highest BCUT2D eigenvalue weighted by atomic mass is 32.2. The van der Waals surface area contributed by atoms with Crippen LogP contribution in [0.3, 0.4) is 0 Å². The van der Waals surface area contributed by atoms with Gasteiger partial charge in [-0.25, -0.2) is 4.79 Å². The van der Waals surface area contributed by atoms with E-state index in [-0.39, 0.29) is 0 Å². The standard InChI is InChI=1S/C15H10O2S2/c16-15(17)14-9-11-12(7-4-8-13(11)19-14)18-10-5-2-1-3-6-10/h1-9H,(H,16,17). The van der Waals surface area contributed by atoms with Gasteiger partial charge >= 0.3 is 5.97 Å². The first-order valence-electron chi connectivity index (χ1n) is 5.73. The van der Waals surface area contributed by atoms with E-state index in [1.807, 2.05) is 48.5 Å². The number of rotatable bonds is 3. The molecule has 3 rings (SSSR count). The fraction of sp³-hybridized carbons (Fsp3) is 0. The molecule has 0 aliphatic carbocycles. The first-order valence-corrected chi connectivity index (χ1v) is 7.36. The Balaban J connectivity index is 2.06. The Hall–Kier alpha value is -1.78. The van der Waals surface area contributed by atoms with Crippen molar-refractivity contribution in [2.45, 2.75) is 9.79 Å². The molecule has 0 atom stereocenters. The Morgan fingerprint density at radius 1 is 1.05 bits per heavy atom. The Bertz CT molecular complexity index is 732. The molecule has 0 fully saturated rings. The van der Waals surface area contributed by atoms with Gasteiger partial charge in [0.25, 0.3) is 0 Å². The normalized spacial score (nSPS) is 10.7. The maximum atomic E-state index is 11.0. The zero-order valence-electron chi connectivity index (χ0n) is 9.87. The molecule has 0 aliphatic rings. The van der Waals surface area contributed by atoms with E-state index in [4.69, 9.17) is 5.11 Å². The number of thiophene rings is 1. The van der Waals surface area contributed by atoms with Crippen molar-refractivity contribution in [3.63, 3.8) is 0 Å². The van der Waals surface area contributed by atoms with Crippen LogP contribution in [0.2, 0.25) is 0 Å². The van der Waals surface area contributed by atoms with Crippen LogP contribution in [0, 0.1) is 0 Å². The van der Waals surface area contributed by atoms with Crippen molar-refractivity contribution in [2.24, 2.45) is 0 Å². The molecule has 1 aromatic heterocycles. The molecule has 2 aromatic carbocycles. The highest BCUT2D eigenvalue weighted by molar-refractivity contribution is 7.99. The van der Waals surface area contributed by atoms with Crippen molar-refractivity contribution in [2.75, 3.05) is 0 Å². The quantitative estimate of drug-likeness (QED) is 0.755. The van der Waals surface area contributed by atoms with Crippen LogP contribution >= 0.6 is 23.1 Å². The van der Waals surface area contributed by atoms with Gasteiger partial charge in [0.2, 0.25) is 0 Å². The highest BCUT2D eigenvalue weighted by Crippen LogP contribution is 2.37. The SMILES string of the molecule is O=C(O)c1cc2c(Sc3ccccc3)cccc2s1. The summed E-state index contributed by atoms with van der Waals surface area (Å²) in [4.78, 5) is 13.7. The van der Waals surface area contributed by atoms with Crippen LogP contribution in [-0.2, 0) is 0 Å². The smallest absolute Gasteiger partial charge is 0.345 e. The minimum Gasteiger partial charge on any atom is -0.477 e. The second kappa shape index (κ2) is 5.07. The number of carboxylic acid groups (broad SMARTS) is 1. The number of carbonyl (C=O) groups is 1. The van der Waals surface area contributed by atoms with E-state index in [1.54, 1.807) is 17.8 Å². The van der Waals surface area contributed by atoms with Crippen LogP contribution in [0.4, 0.5) is 0 Å². The van der Waals surface area contributed by atoms with E-state index in [0.717, 1.165) is 19.9 Å². The number of benzene rings is 2. The van der Waals surface area contributed by atoms with Crippen molar-refractivity contribution in [1.29, 1.82) is 0 Å². The van der Waals surface area contributed by atoms with Crippen molar-refractivity contribution < 1.29 is 9.90 Å². The molecule has 19 heavy (non-hydrogen) atoms. The van der Waals surface area contributed by atoms with Gasteiger partial charge in [-0.3, -0.25) is 0 Å². The van der Waals surface area contributed by atoms with Crippen LogP contribution in [0.15, 0.2) is 64.4 Å². The maximum absolute atomic E-state index is 11.0. The van der Waals surface area contributed by atoms with Crippen LogP contribution in [0.5, 0.6) is 0 Å². The molecule has 2 nitrogen and oxygen atoms in total. The van der Waals surface area contributed by atoms with Crippen LogP contribution < -0.4 is 0 Å². The summed E-state index contributed by atoms with van der Waals surface area (Å²) < 4.78 is 1.01. The Labute approximate surface area is 118 Å². The number of carboxylic acids is 1. The molecular formula is C15H10O2S2. The molecule has 0 bridgehead atoms. The third-order valence-electron chi connectivity index (χ3n) is 2.70. The van der Waals surface area contributed by atoms with Gasteiger partial charge in [0.15, 0.2) is 0 Å². The van der Waals surface area contributed by atoms with Crippen molar-refractivity contribution in [3.05, 3.63) is 59.5 Å². The molecule has 0 aliphatic heterocycles. The first kappa shape index (κ1) is 12.3. The van der Waals surface area contributed by atoms with Crippen LogP contribution in [0.25, 0.3) is 10.1 Å². The van der Waals surface area contributed by atoms with Gasteiger partial charge < -0.3 is 5.11 Å². The Morgan fingerprint density at radius 2 is 1.84 bits per heavy atom. The molecule has 4 heteroatoms. The van der Waals surface area contributed by atoms with Gasteiger partial charge in [-0.2, -0.15) is 0 Å². The van der Waals surface area contributed by atoms with Crippen molar-refractivity contribution in [1.82, 2.24) is 0 Å². The lowest BCUT2D eigenvalue weighted by molar-refractivity contribution is 0.0702. The topological polar surface area (TPSA) is 37.3 Å². The summed E-state index contributed by atoms with van der Waals surface area (Å²) in [5.74, 6) is -0.864. The summed E-state index contributed by atoms with van der Waals surface area (Å²) in [5.41, 5.74) is 0. The lowest BCUT2D eigenvalue weighted by Crippen LogP contribution is -1.89. The average Bonchev–Trinajstić information content (AvgIpc) is 2.85. The van der Waals surface area contributed by atoms with Gasteiger partial charge in [0, 0.05) is 19.9 Å². The second-order valence-corrected chi connectivity index (χ2v) is 6.20. The summed E-state index contributed by atoms with van der Waals surface area (Å²) in [6, 6.07) is 17.8. The average molecular weight is 286 g/mol. The second-order valence-electron chi connectivity index (χ2n) is 4.00. The third kappa shape index (κ3) is 2.50.